The number of aromatic nitrogens is 3. The molecular formula is C15H22N4O. The van der Waals surface area contributed by atoms with E-state index in [9.17, 15) is 0 Å². The van der Waals surface area contributed by atoms with Gasteiger partial charge in [-0.15, -0.1) is 0 Å². The number of nitrogens with zero attached hydrogens (tertiary/aromatic N) is 3. The average Bonchev–Trinajstić information content (AvgIpc) is 2.83. The number of nitrogens with one attached hydrogen (secondary N) is 1. The van der Waals surface area contributed by atoms with Crippen LogP contribution >= 0.6 is 0 Å². The molecule has 1 aromatic heterocycles. The molecule has 2 rings (SSSR count). The number of para-hydroxylation sites is 1. The third kappa shape index (κ3) is 3.81. The summed E-state index contributed by atoms with van der Waals surface area (Å²) >= 11 is 0. The average molecular weight is 274 g/mol. The number of rotatable bonds is 5. The zero-order valence-electron chi connectivity index (χ0n) is 12.6. The minimum Gasteiger partial charge on any atom is -0.496 e. The molecule has 0 spiro atoms. The molecule has 0 radical (unpaired) electrons. The van der Waals surface area contributed by atoms with Crippen LogP contribution in [-0.4, -0.2) is 27.4 Å². The predicted molar refractivity (Wildman–Crippen MR) is 78.7 cm³/mol. The lowest BCUT2D eigenvalue weighted by atomic mass is 10.1. The fourth-order valence-electron chi connectivity index (χ4n) is 1.90. The molecule has 0 aliphatic rings. The van der Waals surface area contributed by atoms with E-state index < -0.39 is 0 Å². The topological polar surface area (TPSA) is 52.0 Å². The van der Waals surface area contributed by atoms with Gasteiger partial charge < -0.3 is 10.1 Å². The van der Waals surface area contributed by atoms with Crippen LogP contribution in [0.15, 0.2) is 30.6 Å². The van der Waals surface area contributed by atoms with Crippen LogP contribution in [0.2, 0.25) is 0 Å². The largest absolute Gasteiger partial charge is 0.496 e. The van der Waals surface area contributed by atoms with Crippen LogP contribution in [0.4, 0.5) is 0 Å². The van der Waals surface area contributed by atoms with Gasteiger partial charge in [-0.25, -0.2) is 9.67 Å². The van der Waals surface area contributed by atoms with Crippen LogP contribution in [0.3, 0.4) is 0 Å². The standard InChI is InChI=1S/C15H22N4O/c1-15(2,3)17-9-14-16-11-18-19(14)10-12-7-5-6-8-13(12)20-4/h5-8,11,17H,9-10H2,1-4H3. The zero-order valence-corrected chi connectivity index (χ0v) is 12.6. The predicted octanol–water partition coefficient (Wildman–Crippen LogP) is 2.22. The number of ether oxygens (including phenoxy) is 1. The van der Waals surface area contributed by atoms with Crippen molar-refractivity contribution in [3.8, 4) is 5.75 Å². The van der Waals surface area contributed by atoms with E-state index in [4.69, 9.17) is 4.74 Å². The van der Waals surface area contributed by atoms with E-state index in [2.05, 4.69) is 36.2 Å². The number of methoxy groups -OCH3 is 1. The van der Waals surface area contributed by atoms with Gasteiger partial charge in [-0.05, 0) is 26.8 Å². The van der Waals surface area contributed by atoms with Gasteiger partial charge in [0.05, 0.1) is 20.2 Å². The highest BCUT2D eigenvalue weighted by Crippen LogP contribution is 2.18. The van der Waals surface area contributed by atoms with Crippen molar-refractivity contribution >= 4 is 0 Å². The number of benzene rings is 1. The summed E-state index contributed by atoms with van der Waals surface area (Å²) in [5.74, 6) is 1.79. The van der Waals surface area contributed by atoms with Crippen molar-refractivity contribution in [3.63, 3.8) is 0 Å². The Kier molecular flexibility index (Phi) is 4.39. The molecule has 0 amide bonds. The quantitative estimate of drug-likeness (QED) is 0.908. The van der Waals surface area contributed by atoms with E-state index in [0.717, 1.165) is 17.1 Å². The van der Waals surface area contributed by atoms with E-state index in [1.54, 1.807) is 13.4 Å². The van der Waals surface area contributed by atoms with Gasteiger partial charge in [0, 0.05) is 11.1 Å². The van der Waals surface area contributed by atoms with Crippen LogP contribution in [0.25, 0.3) is 0 Å². The Hall–Kier alpha value is -1.88. The Bertz CT molecular complexity index is 557. The van der Waals surface area contributed by atoms with Gasteiger partial charge in [0.25, 0.3) is 0 Å². The van der Waals surface area contributed by atoms with Crippen LogP contribution in [0.5, 0.6) is 5.75 Å². The minimum absolute atomic E-state index is 0.0568. The summed E-state index contributed by atoms with van der Waals surface area (Å²) in [6.07, 6.45) is 1.59. The summed E-state index contributed by atoms with van der Waals surface area (Å²) in [7, 11) is 1.68. The van der Waals surface area contributed by atoms with E-state index in [0.29, 0.717) is 13.1 Å². The van der Waals surface area contributed by atoms with E-state index in [1.807, 2.05) is 28.9 Å². The fourth-order valence-corrected chi connectivity index (χ4v) is 1.90. The van der Waals surface area contributed by atoms with Crippen LogP contribution in [0.1, 0.15) is 32.2 Å². The molecule has 108 valence electrons. The van der Waals surface area contributed by atoms with Gasteiger partial charge in [0.1, 0.15) is 17.9 Å². The molecule has 1 aromatic carbocycles. The zero-order chi connectivity index (χ0) is 14.6. The second-order valence-electron chi connectivity index (χ2n) is 5.75. The van der Waals surface area contributed by atoms with Gasteiger partial charge in [0.15, 0.2) is 0 Å². The second-order valence-corrected chi connectivity index (χ2v) is 5.75. The lowest BCUT2D eigenvalue weighted by Crippen LogP contribution is -2.36. The van der Waals surface area contributed by atoms with E-state index in [1.165, 1.54) is 0 Å². The summed E-state index contributed by atoms with van der Waals surface area (Å²) in [6.45, 7) is 7.75. The molecule has 0 saturated carbocycles. The Morgan fingerprint density at radius 1 is 1.25 bits per heavy atom. The molecule has 5 nitrogen and oxygen atoms in total. The smallest absolute Gasteiger partial charge is 0.141 e. The van der Waals surface area contributed by atoms with Crippen LogP contribution in [-0.2, 0) is 13.1 Å². The molecule has 1 heterocycles. The van der Waals surface area contributed by atoms with Gasteiger partial charge in [-0.1, -0.05) is 18.2 Å². The van der Waals surface area contributed by atoms with E-state index in [-0.39, 0.29) is 5.54 Å². The van der Waals surface area contributed by atoms with Gasteiger partial charge in [-0.3, -0.25) is 0 Å². The van der Waals surface area contributed by atoms with Gasteiger partial charge >= 0.3 is 0 Å². The SMILES string of the molecule is COc1ccccc1Cn1ncnc1CNC(C)(C)C. The molecule has 1 N–H and O–H groups in total. The fraction of sp³-hybridized carbons (Fsp3) is 0.467. The Morgan fingerprint density at radius 3 is 2.70 bits per heavy atom. The monoisotopic (exact) mass is 274 g/mol. The summed E-state index contributed by atoms with van der Waals surface area (Å²) in [6, 6.07) is 7.97. The molecule has 0 atom stereocenters. The molecule has 0 saturated heterocycles. The van der Waals surface area contributed by atoms with Crippen LogP contribution in [0, 0.1) is 0 Å². The van der Waals surface area contributed by atoms with Crippen molar-refractivity contribution in [1.29, 1.82) is 0 Å². The highest BCUT2D eigenvalue weighted by molar-refractivity contribution is 5.33. The number of hydrogen-bond acceptors (Lipinski definition) is 4. The van der Waals surface area contributed by atoms with Crippen molar-refractivity contribution in [2.24, 2.45) is 0 Å². The molecule has 0 aliphatic carbocycles. The summed E-state index contributed by atoms with van der Waals surface area (Å²) < 4.78 is 7.27. The maximum atomic E-state index is 5.37. The molecular weight excluding hydrogens is 252 g/mol. The third-order valence-corrected chi connectivity index (χ3v) is 2.99. The van der Waals surface area contributed by atoms with Crippen molar-refractivity contribution in [1.82, 2.24) is 20.1 Å². The first-order valence-electron chi connectivity index (χ1n) is 6.73. The summed E-state index contributed by atoms with van der Waals surface area (Å²) in [4.78, 5) is 4.32. The van der Waals surface area contributed by atoms with Crippen molar-refractivity contribution < 1.29 is 4.74 Å². The molecule has 0 unspecified atom stereocenters. The molecule has 0 bridgehead atoms. The minimum atomic E-state index is 0.0568. The highest BCUT2D eigenvalue weighted by Gasteiger charge is 2.12. The lowest BCUT2D eigenvalue weighted by molar-refractivity contribution is 0.400. The molecule has 0 aliphatic heterocycles. The van der Waals surface area contributed by atoms with Crippen molar-refractivity contribution in [2.75, 3.05) is 7.11 Å². The highest BCUT2D eigenvalue weighted by atomic mass is 16.5. The molecule has 0 fully saturated rings. The third-order valence-electron chi connectivity index (χ3n) is 2.99. The van der Waals surface area contributed by atoms with Crippen LogP contribution < -0.4 is 10.1 Å². The van der Waals surface area contributed by atoms with Gasteiger partial charge in [-0.2, -0.15) is 5.10 Å². The first-order valence-corrected chi connectivity index (χ1v) is 6.73. The first kappa shape index (κ1) is 14.5. The van der Waals surface area contributed by atoms with E-state index >= 15 is 0 Å². The lowest BCUT2D eigenvalue weighted by Gasteiger charge is -2.20. The Morgan fingerprint density at radius 2 is 2.00 bits per heavy atom. The summed E-state index contributed by atoms with van der Waals surface area (Å²) in [5.41, 5.74) is 1.15. The van der Waals surface area contributed by atoms with Gasteiger partial charge in [0.2, 0.25) is 0 Å². The second kappa shape index (κ2) is 6.05. The Balaban J connectivity index is 2.12. The summed E-state index contributed by atoms with van der Waals surface area (Å²) in [5, 5.41) is 7.72. The maximum Gasteiger partial charge on any atom is 0.141 e. The maximum absolute atomic E-state index is 5.37. The Labute approximate surface area is 120 Å². The molecule has 2 aromatic rings. The normalized spacial score (nSPS) is 11.6. The molecule has 20 heavy (non-hydrogen) atoms. The number of hydrogen-bond donors (Lipinski definition) is 1. The van der Waals surface area contributed by atoms with Crippen molar-refractivity contribution in [3.05, 3.63) is 42.0 Å². The molecule has 5 heteroatoms. The first-order chi connectivity index (χ1) is 9.49. The van der Waals surface area contributed by atoms with Crippen molar-refractivity contribution in [2.45, 2.75) is 39.4 Å².